The SMILES string of the molecule is CCOC(=O)c1cnn(CC(=O)N2CCCC2)c1. The summed E-state index contributed by atoms with van der Waals surface area (Å²) in [6, 6.07) is 0. The first-order valence-electron chi connectivity index (χ1n) is 6.18. The predicted octanol–water partition coefficient (Wildman–Crippen LogP) is 0.682. The van der Waals surface area contributed by atoms with Crippen molar-refractivity contribution in [2.24, 2.45) is 0 Å². The molecule has 0 aromatic carbocycles. The highest BCUT2D eigenvalue weighted by Gasteiger charge is 2.19. The van der Waals surface area contributed by atoms with Gasteiger partial charge >= 0.3 is 5.97 Å². The van der Waals surface area contributed by atoms with Crippen LogP contribution in [0, 0.1) is 0 Å². The van der Waals surface area contributed by atoms with Gasteiger partial charge in [0, 0.05) is 19.3 Å². The summed E-state index contributed by atoms with van der Waals surface area (Å²) in [4.78, 5) is 25.1. The van der Waals surface area contributed by atoms with Crippen molar-refractivity contribution in [1.29, 1.82) is 0 Å². The molecule has 2 heterocycles. The third-order valence-corrected chi connectivity index (χ3v) is 2.90. The molecule has 2 rings (SSSR count). The van der Waals surface area contributed by atoms with Crippen LogP contribution in [0.5, 0.6) is 0 Å². The van der Waals surface area contributed by atoms with E-state index in [-0.39, 0.29) is 12.5 Å². The molecule has 6 nitrogen and oxygen atoms in total. The van der Waals surface area contributed by atoms with Crippen LogP contribution in [0.4, 0.5) is 0 Å². The van der Waals surface area contributed by atoms with Gasteiger partial charge in [-0.3, -0.25) is 9.48 Å². The van der Waals surface area contributed by atoms with E-state index in [9.17, 15) is 9.59 Å². The Kier molecular flexibility index (Phi) is 3.96. The van der Waals surface area contributed by atoms with Crippen LogP contribution in [0.1, 0.15) is 30.1 Å². The van der Waals surface area contributed by atoms with Crippen LogP contribution in [0.2, 0.25) is 0 Å². The first-order chi connectivity index (χ1) is 8.70. The number of hydrogen-bond acceptors (Lipinski definition) is 4. The number of carbonyl (C=O) groups is 2. The summed E-state index contributed by atoms with van der Waals surface area (Å²) >= 11 is 0. The molecular formula is C12H17N3O3. The van der Waals surface area contributed by atoms with Crippen molar-refractivity contribution in [3.05, 3.63) is 18.0 Å². The maximum absolute atomic E-state index is 11.9. The zero-order valence-corrected chi connectivity index (χ0v) is 10.5. The van der Waals surface area contributed by atoms with Gasteiger partial charge in [-0.1, -0.05) is 0 Å². The molecule has 0 saturated carbocycles. The van der Waals surface area contributed by atoms with Crippen LogP contribution < -0.4 is 0 Å². The molecule has 1 saturated heterocycles. The van der Waals surface area contributed by atoms with Gasteiger partial charge in [-0.05, 0) is 19.8 Å². The summed E-state index contributed by atoms with van der Waals surface area (Å²) in [6.45, 7) is 3.91. The van der Waals surface area contributed by atoms with E-state index < -0.39 is 5.97 Å². The van der Waals surface area contributed by atoms with Crippen LogP contribution in [0.3, 0.4) is 0 Å². The van der Waals surface area contributed by atoms with Crippen molar-refractivity contribution in [2.75, 3.05) is 19.7 Å². The number of amides is 1. The van der Waals surface area contributed by atoms with Crippen molar-refractivity contribution in [2.45, 2.75) is 26.3 Å². The van der Waals surface area contributed by atoms with Gasteiger partial charge in [0.15, 0.2) is 0 Å². The zero-order chi connectivity index (χ0) is 13.0. The standard InChI is InChI=1S/C12H17N3O3/c1-2-18-12(17)10-7-13-15(8-10)9-11(16)14-5-3-4-6-14/h7-8H,2-6,9H2,1H3. The molecule has 0 spiro atoms. The number of aromatic nitrogens is 2. The number of likely N-dealkylation sites (tertiary alicyclic amines) is 1. The molecule has 98 valence electrons. The Balaban J connectivity index is 1.93. The summed E-state index contributed by atoms with van der Waals surface area (Å²) < 4.78 is 6.34. The summed E-state index contributed by atoms with van der Waals surface area (Å²) in [5.74, 6) is -0.358. The number of rotatable bonds is 4. The molecule has 18 heavy (non-hydrogen) atoms. The molecule has 6 heteroatoms. The molecule has 0 aliphatic carbocycles. The van der Waals surface area contributed by atoms with Crippen LogP contribution in [0.25, 0.3) is 0 Å². The Labute approximate surface area is 106 Å². The van der Waals surface area contributed by atoms with Gasteiger partial charge in [-0.25, -0.2) is 4.79 Å². The number of hydrogen-bond donors (Lipinski definition) is 0. The number of nitrogens with zero attached hydrogens (tertiary/aromatic N) is 3. The van der Waals surface area contributed by atoms with Crippen LogP contribution in [-0.2, 0) is 16.1 Å². The topological polar surface area (TPSA) is 64.4 Å². The lowest BCUT2D eigenvalue weighted by atomic mass is 10.4. The zero-order valence-electron chi connectivity index (χ0n) is 10.5. The largest absolute Gasteiger partial charge is 0.462 e. The molecule has 1 aromatic heterocycles. The minimum Gasteiger partial charge on any atom is -0.462 e. The molecule has 1 aliphatic rings. The summed E-state index contributed by atoms with van der Waals surface area (Å²) in [6.07, 6.45) is 5.11. The Morgan fingerprint density at radius 2 is 2.11 bits per heavy atom. The molecular weight excluding hydrogens is 234 g/mol. The van der Waals surface area contributed by atoms with E-state index in [0.717, 1.165) is 25.9 Å². The second kappa shape index (κ2) is 5.66. The number of esters is 1. The Morgan fingerprint density at radius 1 is 1.39 bits per heavy atom. The summed E-state index contributed by atoms with van der Waals surface area (Å²) in [5.41, 5.74) is 0.381. The molecule has 0 atom stereocenters. The van der Waals surface area contributed by atoms with E-state index in [0.29, 0.717) is 12.2 Å². The Bertz CT molecular complexity index is 436. The van der Waals surface area contributed by atoms with Crippen molar-refractivity contribution in [3.8, 4) is 0 Å². The van der Waals surface area contributed by atoms with Crippen molar-refractivity contribution >= 4 is 11.9 Å². The van der Waals surface area contributed by atoms with Crippen molar-refractivity contribution in [3.63, 3.8) is 0 Å². The lowest BCUT2D eigenvalue weighted by Gasteiger charge is -2.14. The molecule has 0 unspecified atom stereocenters. The fourth-order valence-electron chi connectivity index (χ4n) is 1.97. The van der Waals surface area contributed by atoms with Gasteiger partial charge in [-0.15, -0.1) is 0 Å². The molecule has 0 radical (unpaired) electrons. The van der Waals surface area contributed by atoms with E-state index in [1.165, 1.54) is 10.9 Å². The monoisotopic (exact) mass is 251 g/mol. The van der Waals surface area contributed by atoms with E-state index in [1.807, 2.05) is 4.90 Å². The third-order valence-electron chi connectivity index (χ3n) is 2.90. The first-order valence-corrected chi connectivity index (χ1v) is 6.18. The van der Waals surface area contributed by atoms with Crippen LogP contribution >= 0.6 is 0 Å². The quantitative estimate of drug-likeness (QED) is 0.738. The third kappa shape index (κ3) is 2.88. The van der Waals surface area contributed by atoms with Gasteiger partial charge in [0.2, 0.25) is 5.91 Å². The average Bonchev–Trinajstić information content (AvgIpc) is 2.99. The molecule has 1 fully saturated rings. The average molecular weight is 251 g/mol. The maximum atomic E-state index is 11.9. The van der Waals surface area contributed by atoms with Crippen LogP contribution in [0.15, 0.2) is 12.4 Å². The Morgan fingerprint density at radius 3 is 2.78 bits per heavy atom. The minimum atomic E-state index is -0.405. The Hall–Kier alpha value is -1.85. The second-order valence-electron chi connectivity index (χ2n) is 4.23. The molecule has 1 aromatic rings. The van der Waals surface area contributed by atoms with Gasteiger partial charge < -0.3 is 9.64 Å². The predicted molar refractivity (Wildman–Crippen MR) is 64.0 cm³/mol. The second-order valence-corrected chi connectivity index (χ2v) is 4.23. The van der Waals surface area contributed by atoms with Crippen molar-refractivity contribution < 1.29 is 14.3 Å². The van der Waals surface area contributed by atoms with Crippen LogP contribution in [-0.4, -0.2) is 46.3 Å². The van der Waals surface area contributed by atoms with Gasteiger partial charge in [0.05, 0.1) is 18.4 Å². The lowest BCUT2D eigenvalue weighted by molar-refractivity contribution is -0.130. The van der Waals surface area contributed by atoms with Gasteiger partial charge in [0.25, 0.3) is 0 Å². The highest BCUT2D eigenvalue weighted by molar-refractivity contribution is 5.88. The maximum Gasteiger partial charge on any atom is 0.341 e. The van der Waals surface area contributed by atoms with Crippen molar-refractivity contribution in [1.82, 2.24) is 14.7 Å². The highest BCUT2D eigenvalue weighted by Crippen LogP contribution is 2.08. The van der Waals surface area contributed by atoms with E-state index in [2.05, 4.69) is 5.10 Å². The fraction of sp³-hybridized carbons (Fsp3) is 0.583. The molecule has 1 amide bonds. The molecule has 0 N–H and O–H groups in total. The summed E-state index contributed by atoms with van der Waals surface area (Å²) in [7, 11) is 0. The molecule has 1 aliphatic heterocycles. The normalized spacial score (nSPS) is 14.8. The van der Waals surface area contributed by atoms with E-state index >= 15 is 0 Å². The smallest absolute Gasteiger partial charge is 0.341 e. The van der Waals surface area contributed by atoms with Gasteiger partial charge in [0.1, 0.15) is 6.54 Å². The summed E-state index contributed by atoms with van der Waals surface area (Å²) in [5, 5.41) is 4.00. The fourth-order valence-corrected chi connectivity index (χ4v) is 1.97. The lowest BCUT2D eigenvalue weighted by Crippen LogP contribution is -2.31. The molecule has 0 bridgehead atoms. The first kappa shape index (κ1) is 12.6. The van der Waals surface area contributed by atoms with Gasteiger partial charge in [-0.2, -0.15) is 5.10 Å². The minimum absolute atomic E-state index is 0.0472. The highest BCUT2D eigenvalue weighted by atomic mass is 16.5. The number of carbonyl (C=O) groups excluding carboxylic acids is 2. The van der Waals surface area contributed by atoms with E-state index in [4.69, 9.17) is 4.74 Å². The van der Waals surface area contributed by atoms with E-state index in [1.54, 1.807) is 13.1 Å². The number of ether oxygens (including phenoxy) is 1.